The lowest BCUT2D eigenvalue weighted by Crippen LogP contribution is -2.21. The Balaban J connectivity index is 3.63. The van der Waals surface area contributed by atoms with Crippen LogP contribution in [0.1, 0.15) is 20.3 Å². The van der Waals surface area contributed by atoms with Crippen molar-refractivity contribution in [2.75, 3.05) is 18.5 Å². The number of halogens is 4. The van der Waals surface area contributed by atoms with Crippen LogP contribution in [0.4, 0.5) is 13.2 Å². The average molecular weight is 277 g/mol. The third-order valence-corrected chi connectivity index (χ3v) is 2.56. The number of hydrogen-bond acceptors (Lipinski definition) is 1. The van der Waals surface area contributed by atoms with Gasteiger partial charge in [0.25, 0.3) is 0 Å². The third kappa shape index (κ3) is 8.81. The lowest BCUT2D eigenvalue weighted by molar-refractivity contribution is -0.176. The summed E-state index contributed by atoms with van der Waals surface area (Å²) in [5.41, 5.74) is 0. The predicted molar refractivity (Wildman–Crippen MR) is 53.6 cm³/mol. The fourth-order valence-corrected chi connectivity index (χ4v) is 1.63. The molecule has 0 aliphatic carbocycles. The molecule has 1 nitrogen and oxygen atoms in total. The van der Waals surface area contributed by atoms with Crippen molar-refractivity contribution in [1.29, 1.82) is 0 Å². The van der Waals surface area contributed by atoms with Crippen LogP contribution >= 0.6 is 15.9 Å². The van der Waals surface area contributed by atoms with Crippen LogP contribution in [-0.2, 0) is 4.74 Å². The standard InChI is InChI=1S/C9H16BrF3O/c1-7(2)3-8(4-10)5-14-6-9(11,12)13/h7-8H,3-6H2,1-2H3. The van der Waals surface area contributed by atoms with Crippen molar-refractivity contribution < 1.29 is 17.9 Å². The Labute approximate surface area is 91.1 Å². The van der Waals surface area contributed by atoms with E-state index in [-0.39, 0.29) is 12.5 Å². The summed E-state index contributed by atoms with van der Waals surface area (Å²) in [5, 5.41) is 0.684. The molecule has 0 heterocycles. The Bertz CT molecular complexity index is 147. The van der Waals surface area contributed by atoms with E-state index in [2.05, 4.69) is 20.7 Å². The van der Waals surface area contributed by atoms with E-state index in [1.807, 2.05) is 13.8 Å². The molecule has 0 aliphatic rings. The lowest BCUT2D eigenvalue weighted by atomic mass is 10.00. The first-order chi connectivity index (χ1) is 6.35. The van der Waals surface area contributed by atoms with E-state index in [4.69, 9.17) is 0 Å². The van der Waals surface area contributed by atoms with Gasteiger partial charge in [0.2, 0.25) is 0 Å². The van der Waals surface area contributed by atoms with Crippen LogP contribution in [0.2, 0.25) is 0 Å². The quantitative estimate of drug-likeness (QED) is 0.674. The zero-order chi connectivity index (χ0) is 11.2. The molecule has 5 heteroatoms. The van der Waals surface area contributed by atoms with Gasteiger partial charge in [-0.05, 0) is 18.3 Å². The molecule has 0 aliphatic heterocycles. The van der Waals surface area contributed by atoms with Gasteiger partial charge in [-0.25, -0.2) is 0 Å². The molecule has 86 valence electrons. The fraction of sp³-hybridized carbons (Fsp3) is 1.00. The van der Waals surface area contributed by atoms with E-state index in [9.17, 15) is 13.2 Å². The Morgan fingerprint density at radius 2 is 1.86 bits per heavy atom. The first-order valence-electron chi connectivity index (χ1n) is 4.55. The summed E-state index contributed by atoms with van der Waals surface area (Å²) in [6.07, 6.45) is -3.34. The number of hydrogen-bond donors (Lipinski definition) is 0. The van der Waals surface area contributed by atoms with Crippen LogP contribution in [0.5, 0.6) is 0 Å². The topological polar surface area (TPSA) is 9.23 Å². The molecular formula is C9H16BrF3O. The average Bonchev–Trinajstić information content (AvgIpc) is 1.99. The molecule has 0 aromatic rings. The second kappa shape index (κ2) is 6.67. The fourth-order valence-electron chi connectivity index (χ4n) is 1.18. The van der Waals surface area contributed by atoms with Crippen LogP contribution in [0.15, 0.2) is 0 Å². The molecule has 0 saturated heterocycles. The molecule has 1 unspecified atom stereocenters. The van der Waals surface area contributed by atoms with Gasteiger partial charge in [0.05, 0.1) is 6.61 Å². The van der Waals surface area contributed by atoms with E-state index >= 15 is 0 Å². The zero-order valence-electron chi connectivity index (χ0n) is 8.40. The molecule has 0 N–H and O–H groups in total. The van der Waals surface area contributed by atoms with Crippen molar-refractivity contribution in [2.45, 2.75) is 26.4 Å². The highest BCUT2D eigenvalue weighted by molar-refractivity contribution is 9.09. The van der Waals surface area contributed by atoms with E-state index in [0.29, 0.717) is 11.2 Å². The molecule has 0 radical (unpaired) electrons. The molecule has 0 saturated carbocycles. The Kier molecular flexibility index (Phi) is 6.78. The zero-order valence-corrected chi connectivity index (χ0v) is 9.99. The van der Waals surface area contributed by atoms with Crippen LogP contribution in [0.25, 0.3) is 0 Å². The second-order valence-corrected chi connectivity index (χ2v) is 4.43. The van der Waals surface area contributed by atoms with Gasteiger partial charge in [0.15, 0.2) is 0 Å². The summed E-state index contributed by atoms with van der Waals surface area (Å²) in [4.78, 5) is 0. The Morgan fingerprint density at radius 1 is 1.29 bits per heavy atom. The summed E-state index contributed by atoms with van der Waals surface area (Å²) in [6, 6.07) is 0. The normalized spacial score (nSPS) is 14.8. The predicted octanol–water partition coefficient (Wildman–Crippen LogP) is 3.62. The molecule has 0 bridgehead atoms. The van der Waals surface area contributed by atoms with Crippen LogP contribution < -0.4 is 0 Å². The summed E-state index contributed by atoms with van der Waals surface area (Å²) in [7, 11) is 0. The summed E-state index contributed by atoms with van der Waals surface area (Å²) >= 11 is 3.26. The highest BCUT2D eigenvalue weighted by atomic mass is 79.9. The summed E-state index contributed by atoms with van der Waals surface area (Å²) in [5.74, 6) is 0.643. The third-order valence-electron chi connectivity index (χ3n) is 1.64. The summed E-state index contributed by atoms with van der Waals surface area (Å²) < 4.78 is 39.8. The van der Waals surface area contributed by atoms with Crippen molar-refractivity contribution in [2.24, 2.45) is 11.8 Å². The van der Waals surface area contributed by atoms with Gasteiger partial charge < -0.3 is 4.74 Å². The highest BCUT2D eigenvalue weighted by Gasteiger charge is 2.27. The van der Waals surface area contributed by atoms with Crippen molar-refractivity contribution in [1.82, 2.24) is 0 Å². The smallest absolute Gasteiger partial charge is 0.372 e. The molecule has 0 aromatic heterocycles. The lowest BCUT2D eigenvalue weighted by Gasteiger charge is -2.17. The van der Waals surface area contributed by atoms with Gasteiger partial charge in [-0.15, -0.1) is 0 Å². The van der Waals surface area contributed by atoms with Gasteiger partial charge in [0, 0.05) is 5.33 Å². The number of alkyl halides is 4. The molecule has 0 rings (SSSR count). The summed E-state index contributed by atoms with van der Waals surface area (Å²) in [6.45, 7) is 3.11. The Morgan fingerprint density at radius 3 is 2.21 bits per heavy atom. The molecule has 0 fully saturated rings. The first-order valence-corrected chi connectivity index (χ1v) is 5.67. The molecule has 0 amide bonds. The van der Waals surface area contributed by atoms with Crippen molar-refractivity contribution in [3.05, 3.63) is 0 Å². The van der Waals surface area contributed by atoms with E-state index in [1.54, 1.807) is 0 Å². The van der Waals surface area contributed by atoms with Crippen molar-refractivity contribution >= 4 is 15.9 Å². The minimum absolute atomic E-state index is 0.164. The van der Waals surface area contributed by atoms with E-state index in [0.717, 1.165) is 6.42 Å². The van der Waals surface area contributed by atoms with Gasteiger partial charge in [-0.1, -0.05) is 29.8 Å². The van der Waals surface area contributed by atoms with E-state index in [1.165, 1.54) is 0 Å². The second-order valence-electron chi connectivity index (χ2n) is 3.78. The van der Waals surface area contributed by atoms with Crippen LogP contribution in [-0.4, -0.2) is 24.7 Å². The first kappa shape index (κ1) is 14.2. The van der Waals surface area contributed by atoms with Gasteiger partial charge in [-0.3, -0.25) is 0 Å². The van der Waals surface area contributed by atoms with Crippen molar-refractivity contribution in [3.63, 3.8) is 0 Å². The molecular weight excluding hydrogens is 261 g/mol. The van der Waals surface area contributed by atoms with Crippen LogP contribution in [0.3, 0.4) is 0 Å². The minimum atomic E-state index is -4.21. The molecule has 0 aromatic carbocycles. The minimum Gasteiger partial charge on any atom is -0.372 e. The molecule has 14 heavy (non-hydrogen) atoms. The molecule has 0 spiro atoms. The maximum absolute atomic E-state index is 11.7. The van der Waals surface area contributed by atoms with Gasteiger partial charge >= 0.3 is 6.18 Å². The maximum Gasteiger partial charge on any atom is 0.411 e. The SMILES string of the molecule is CC(C)CC(CBr)COCC(F)(F)F. The van der Waals surface area contributed by atoms with Gasteiger partial charge in [-0.2, -0.15) is 13.2 Å². The van der Waals surface area contributed by atoms with Crippen LogP contribution in [0, 0.1) is 11.8 Å². The van der Waals surface area contributed by atoms with E-state index < -0.39 is 12.8 Å². The van der Waals surface area contributed by atoms with Crippen molar-refractivity contribution in [3.8, 4) is 0 Å². The maximum atomic E-state index is 11.7. The Hall–Kier alpha value is 0.230. The molecule has 1 atom stereocenters. The largest absolute Gasteiger partial charge is 0.411 e. The number of rotatable bonds is 6. The number of ether oxygens (including phenoxy) is 1. The highest BCUT2D eigenvalue weighted by Crippen LogP contribution is 2.18. The monoisotopic (exact) mass is 276 g/mol. The van der Waals surface area contributed by atoms with Gasteiger partial charge in [0.1, 0.15) is 6.61 Å².